The zero-order chi connectivity index (χ0) is 22.2. The van der Waals surface area contributed by atoms with Gasteiger partial charge in [-0.25, -0.2) is 8.42 Å². The molecule has 1 N–H and O–H groups in total. The number of fused-ring (bicyclic) bond motifs is 1. The van der Waals surface area contributed by atoms with Crippen LogP contribution in [0, 0.1) is 6.92 Å². The van der Waals surface area contributed by atoms with E-state index in [4.69, 9.17) is 0 Å². The average Bonchev–Trinajstić information content (AvgIpc) is 3.07. The molecule has 0 aliphatic rings. The van der Waals surface area contributed by atoms with Crippen molar-refractivity contribution in [2.75, 3.05) is 0 Å². The van der Waals surface area contributed by atoms with Crippen molar-refractivity contribution < 1.29 is 8.42 Å². The molecule has 7 heteroatoms. The number of sulfonamides is 1. The summed E-state index contributed by atoms with van der Waals surface area (Å²) >= 11 is 1.07. The van der Waals surface area contributed by atoms with Crippen LogP contribution >= 0.6 is 11.3 Å². The highest BCUT2D eigenvalue weighted by Crippen LogP contribution is 2.28. The molecule has 31 heavy (non-hydrogen) atoms. The Hall–Kier alpha value is -2.74. The van der Waals surface area contributed by atoms with Crippen molar-refractivity contribution in [2.24, 2.45) is 0 Å². The van der Waals surface area contributed by atoms with Gasteiger partial charge in [0.1, 0.15) is 0 Å². The van der Waals surface area contributed by atoms with Gasteiger partial charge in [-0.2, -0.15) is 4.72 Å². The van der Waals surface area contributed by atoms with Crippen molar-refractivity contribution in [3.05, 3.63) is 99.2 Å². The molecule has 1 atom stereocenters. The van der Waals surface area contributed by atoms with Gasteiger partial charge in [0, 0.05) is 6.04 Å². The van der Waals surface area contributed by atoms with E-state index in [1.165, 1.54) is 0 Å². The van der Waals surface area contributed by atoms with Gasteiger partial charge in [-0.05, 0) is 50.1 Å². The summed E-state index contributed by atoms with van der Waals surface area (Å²) in [6.45, 7) is 5.85. The number of hydrogen-bond acceptors (Lipinski definition) is 4. The van der Waals surface area contributed by atoms with Crippen molar-refractivity contribution in [3.8, 4) is 0 Å². The summed E-state index contributed by atoms with van der Waals surface area (Å²) in [7, 11) is -3.84. The second-order valence-electron chi connectivity index (χ2n) is 7.84. The van der Waals surface area contributed by atoms with E-state index in [0.717, 1.165) is 33.5 Å². The predicted molar refractivity (Wildman–Crippen MR) is 126 cm³/mol. The highest BCUT2D eigenvalue weighted by molar-refractivity contribution is 7.89. The van der Waals surface area contributed by atoms with Crippen molar-refractivity contribution >= 4 is 31.6 Å². The Bertz CT molecular complexity index is 1390. The van der Waals surface area contributed by atoms with Crippen LogP contribution in [-0.2, 0) is 10.0 Å². The highest BCUT2D eigenvalue weighted by atomic mass is 32.2. The van der Waals surface area contributed by atoms with Crippen LogP contribution in [0.25, 0.3) is 10.2 Å². The van der Waals surface area contributed by atoms with E-state index >= 15 is 0 Å². The van der Waals surface area contributed by atoms with Crippen LogP contribution in [0.4, 0.5) is 0 Å². The topological polar surface area (TPSA) is 68.2 Å². The van der Waals surface area contributed by atoms with Crippen LogP contribution in [-0.4, -0.2) is 13.0 Å². The smallest absolute Gasteiger partial charge is 0.296 e. The summed E-state index contributed by atoms with van der Waals surface area (Å²) in [5.41, 5.74) is 3.53. The molecule has 4 aromatic rings. The number of rotatable bonds is 6. The van der Waals surface area contributed by atoms with Crippen LogP contribution < -0.4 is 9.60 Å². The minimum absolute atomic E-state index is 0.00520. The fourth-order valence-electron chi connectivity index (χ4n) is 3.72. The second kappa shape index (κ2) is 8.42. The molecule has 1 aromatic heterocycles. The van der Waals surface area contributed by atoms with Gasteiger partial charge in [0.25, 0.3) is 0 Å². The molecule has 0 unspecified atom stereocenters. The van der Waals surface area contributed by atoms with E-state index in [1.54, 1.807) is 22.8 Å². The Morgan fingerprint density at radius 1 is 0.903 bits per heavy atom. The number of aryl methyl sites for hydroxylation is 1. The molecular formula is C24H24N2O3S2. The maximum Gasteiger partial charge on any atom is 0.308 e. The molecule has 0 saturated carbocycles. The minimum Gasteiger partial charge on any atom is -0.296 e. The number of thiazole rings is 1. The third-order valence-corrected chi connectivity index (χ3v) is 7.53. The predicted octanol–water partition coefficient (Wildman–Crippen LogP) is 5.02. The Morgan fingerprint density at radius 3 is 2.29 bits per heavy atom. The summed E-state index contributed by atoms with van der Waals surface area (Å²) < 4.78 is 31.9. The van der Waals surface area contributed by atoms with Crippen LogP contribution in [0.5, 0.6) is 0 Å². The lowest BCUT2D eigenvalue weighted by atomic mass is 9.98. The van der Waals surface area contributed by atoms with Crippen molar-refractivity contribution in [1.29, 1.82) is 0 Å². The third kappa shape index (κ3) is 4.35. The first-order valence-electron chi connectivity index (χ1n) is 10.1. The zero-order valence-corrected chi connectivity index (χ0v) is 19.2. The van der Waals surface area contributed by atoms with Crippen molar-refractivity contribution in [2.45, 2.75) is 37.8 Å². The number of aromatic nitrogens is 1. The Morgan fingerprint density at radius 2 is 1.61 bits per heavy atom. The van der Waals surface area contributed by atoms with E-state index < -0.39 is 16.1 Å². The maximum atomic E-state index is 13.4. The zero-order valence-electron chi connectivity index (χ0n) is 17.6. The number of hydrogen-bond donors (Lipinski definition) is 1. The molecular weight excluding hydrogens is 428 g/mol. The summed E-state index contributed by atoms with van der Waals surface area (Å²) in [6.07, 6.45) is 0. The van der Waals surface area contributed by atoms with Crippen LogP contribution in [0.3, 0.4) is 0 Å². The summed E-state index contributed by atoms with van der Waals surface area (Å²) in [4.78, 5) is 12.4. The molecule has 160 valence electrons. The lowest BCUT2D eigenvalue weighted by Crippen LogP contribution is -2.29. The first-order chi connectivity index (χ1) is 14.8. The fraction of sp³-hybridized carbons (Fsp3) is 0.208. The Balaban J connectivity index is 1.77. The van der Waals surface area contributed by atoms with Gasteiger partial charge >= 0.3 is 4.87 Å². The van der Waals surface area contributed by atoms with E-state index in [-0.39, 0.29) is 15.8 Å². The quantitative estimate of drug-likeness (QED) is 0.447. The number of nitrogens with one attached hydrogen (secondary N) is 1. The van der Waals surface area contributed by atoms with Gasteiger partial charge in [0.05, 0.1) is 21.2 Å². The standard InChI is InChI=1S/C24H24N2O3S2/c1-16(2)26-21-13-12-20(15-22(21)30-24(26)27)31(28,29)25-23(18-9-5-4-6-10-18)19-11-7-8-17(3)14-19/h4-16,23,25H,1-3H3/t23-/m0/s1. The lowest BCUT2D eigenvalue weighted by Gasteiger charge is -2.20. The average molecular weight is 453 g/mol. The largest absolute Gasteiger partial charge is 0.308 e. The normalized spacial score (nSPS) is 13.0. The Labute approximate surface area is 186 Å². The third-order valence-electron chi connectivity index (χ3n) is 5.19. The molecule has 1 heterocycles. The molecule has 0 saturated heterocycles. The van der Waals surface area contributed by atoms with Gasteiger partial charge in [0.2, 0.25) is 10.0 Å². The monoisotopic (exact) mass is 452 g/mol. The number of nitrogens with zero attached hydrogens (tertiary/aromatic N) is 1. The lowest BCUT2D eigenvalue weighted by molar-refractivity contribution is 0.572. The molecule has 4 rings (SSSR count). The van der Waals surface area contributed by atoms with E-state index in [1.807, 2.05) is 75.4 Å². The van der Waals surface area contributed by atoms with E-state index in [0.29, 0.717) is 4.70 Å². The molecule has 0 spiro atoms. The first-order valence-corrected chi connectivity index (χ1v) is 12.3. The molecule has 3 aromatic carbocycles. The van der Waals surface area contributed by atoms with Crippen molar-refractivity contribution in [1.82, 2.24) is 9.29 Å². The van der Waals surface area contributed by atoms with Gasteiger partial charge in [-0.15, -0.1) is 0 Å². The van der Waals surface area contributed by atoms with Gasteiger partial charge in [0.15, 0.2) is 0 Å². The van der Waals surface area contributed by atoms with E-state index in [9.17, 15) is 13.2 Å². The molecule has 0 radical (unpaired) electrons. The summed E-state index contributed by atoms with van der Waals surface area (Å²) in [6, 6.07) is 21.7. The summed E-state index contributed by atoms with van der Waals surface area (Å²) in [5, 5.41) is 0. The second-order valence-corrected chi connectivity index (χ2v) is 10.5. The van der Waals surface area contributed by atoms with Crippen LogP contribution in [0.1, 0.15) is 42.6 Å². The maximum absolute atomic E-state index is 13.4. The van der Waals surface area contributed by atoms with Gasteiger partial charge in [-0.3, -0.25) is 9.36 Å². The van der Waals surface area contributed by atoms with Crippen LogP contribution in [0.15, 0.2) is 82.5 Å². The highest BCUT2D eigenvalue weighted by Gasteiger charge is 2.24. The van der Waals surface area contributed by atoms with E-state index in [2.05, 4.69) is 4.72 Å². The Kier molecular flexibility index (Phi) is 5.83. The van der Waals surface area contributed by atoms with Crippen molar-refractivity contribution in [3.63, 3.8) is 0 Å². The van der Waals surface area contributed by atoms with Gasteiger partial charge < -0.3 is 0 Å². The van der Waals surface area contributed by atoms with Crippen LogP contribution in [0.2, 0.25) is 0 Å². The SMILES string of the molecule is Cc1cccc([C@@H](NS(=O)(=O)c2ccc3c(c2)sc(=O)n3C(C)C)c2ccccc2)c1. The fourth-order valence-corrected chi connectivity index (χ4v) is 6.09. The molecule has 0 fully saturated rings. The molecule has 0 bridgehead atoms. The molecule has 0 aliphatic carbocycles. The molecule has 0 amide bonds. The number of benzene rings is 3. The minimum atomic E-state index is -3.84. The first kappa shape index (κ1) is 21.5. The molecule has 0 aliphatic heterocycles. The molecule has 5 nitrogen and oxygen atoms in total. The summed E-state index contributed by atoms with van der Waals surface area (Å²) in [5.74, 6) is 0. The van der Waals surface area contributed by atoms with Gasteiger partial charge in [-0.1, -0.05) is 71.5 Å².